The maximum atomic E-state index is 13.9. The lowest BCUT2D eigenvalue weighted by molar-refractivity contribution is -0.140. The van der Waals surface area contributed by atoms with Gasteiger partial charge in [-0.15, -0.1) is 0 Å². The minimum atomic E-state index is -0.728. The molecule has 0 radical (unpaired) electrons. The van der Waals surface area contributed by atoms with Crippen molar-refractivity contribution in [2.75, 3.05) is 26.3 Å². The fourth-order valence-corrected chi connectivity index (χ4v) is 5.62. The quantitative estimate of drug-likeness (QED) is 0.228. The fraction of sp³-hybridized carbons (Fsp3) is 0.586. The Labute approximate surface area is 223 Å². The third-order valence-corrected chi connectivity index (χ3v) is 7.96. The van der Waals surface area contributed by atoms with Crippen molar-refractivity contribution in [3.8, 4) is 0 Å². The van der Waals surface area contributed by atoms with Gasteiger partial charge in [0, 0.05) is 61.2 Å². The Balaban J connectivity index is 1.71. The molecule has 9 nitrogen and oxygen atoms in total. The predicted octanol–water partition coefficient (Wildman–Crippen LogP) is 4.00. The minimum absolute atomic E-state index is 0.0249. The molecule has 2 atom stereocenters. The highest BCUT2D eigenvalue weighted by molar-refractivity contribution is 6.48. The van der Waals surface area contributed by atoms with E-state index in [4.69, 9.17) is 9.57 Å². The molecule has 1 N–H and O–H groups in total. The Hall–Kier alpha value is -2.88. The van der Waals surface area contributed by atoms with Crippen LogP contribution >= 0.6 is 0 Å². The molecule has 206 valence electrons. The normalized spacial score (nSPS) is 21.4. The van der Waals surface area contributed by atoms with Crippen molar-refractivity contribution in [1.82, 2.24) is 9.47 Å². The molecule has 0 amide bonds. The number of aliphatic hydroxyl groups excluding tert-OH is 1. The number of fused-ring (bicyclic) bond motifs is 1. The second kappa shape index (κ2) is 11.9. The minimum Gasteiger partial charge on any atom is -0.393 e. The van der Waals surface area contributed by atoms with Crippen molar-refractivity contribution < 1.29 is 29.1 Å². The number of rotatable bonds is 9. The van der Waals surface area contributed by atoms with Crippen molar-refractivity contribution in [2.45, 2.75) is 78.0 Å². The maximum Gasteiger partial charge on any atom is 0.331 e. The molecule has 4 rings (SSSR count). The van der Waals surface area contributed by atoms with Gasteiger partial charge in [-0.1, -0.05) is 18.0 Å². The third kappa shape index (κ3) is 5.90. The van der Waals surface area contributed by atoms with Gasteiger partial charge in [-0.05, 0) is 57.7 Å². The first-order valence-corrected chi connectivity index (χ1v) is 13.6. The van der Waals surface area contributed by atoms with Gasteiger partial charge < -0.3 is 19.2 Å². The summed E-state index contributed by atoms with van der Waals surface area (Å²) in [6.07, 6.45) is 4.84. The van der Waals surface area contributed by atoms with E-state index < -0.39 is 17.6 Å². The van der Waals surface area contributed by atoms with Crippen LogP contribution < -0.4 is 0 Å². The number of oxime groups is 1. The summed E-state index contributed by atoms with van der Waals surface area (Å²) in [7, 11) is 0. The number of ketones is 2. The summed E-state index contributed by atoms with van der Waals surface area (Å²) in [6.45, 7) is 10.2. The van der Waals surface area contributed by atoms with Crippen LogP contribution in [0.5, 0.6) is 0 Å². The molecule has 2 fully saturated rings. The smallest absolute Gasteiger partial charge is 0.331 e. The molecule has 2 unspecified atom stereocenters. The van der Waals surface area contributed by atoms with Crippen molar-refractivity contribution in [1.29, 1.82) is 0 Å². The van der Waals surface area contributed by atoms with E-state index in [0.717, 1.165) is 24.8 Å². The molecule has 38 heavy (non-hydrogen) atoms. The highest BCUT2D eigenvalue weighted by Crippen LogP contribution is 2.31. The number of hydrogen-bond acceptors (Lipinski definition) is 8. The zero-order valence-corrected chi connectivity index (χ0v) is 22.9. The monoisotopic (exact) mass is 525 g/mol. The van der Waals surface area contributed by atoms with Gasteiger partial charge in [0.15, 0.2) is 5.78 Å². The first kappa shape index (κ1) is 28.1. The van der Waals surface area contributed by atoms with Crippen LogP contribution in [0.3, 0.4) is 0 Å². The lowest BCUT2D eigenvalue weighted by Gasteiger charge is -2.39. The van der Waals surface area contributed by atoms with Gasteiger partial charge in [0.05, 0.1) is 24.9 Å². The number of ether oxygens (including phenoxy) is 1. The standard InChI is InChI=1S/C29H39N3O6/c1-5-31-18-23(27(35)24(30-38-19(2)33)17-20-8-6-7-9-26(20)34)22-16-21(10-11-25(22)31)28(36)29(3,4)32-12-14-37-15-13-32/h10-11,16,18,20,26,34H,5-9,12-15,17H2,1-4H3/b30-24+. The number of aromatic nitrogens is 1. The molecule has 1 aliphatic heterocycles. The van der Waals surface area contributed by atoms with Crippen LogP contribution in [0.25, 0.3) is 10.9 Å². The molecule has 0 spiro atoms. The van der Waals surface area contributed by atoms with Crippen LogP contribution in [0.1, 0.15) is 80.5 Å². The van der Waals surface area contributed by atoms with Crippen molar-refractivity contribution in [3.05, 3.63) is 35.5 Å². The summed E-state index contributed by atoms with van der Waals surface area (Å²) in [6, 6.07) is 5.49. The molecule has 1 saturated carbocycles. The Kier molecular flexibility index (Phi) is 8.80. The summed E-state index contributed by atoms with van der Waals surface area (Å²) in [4.78, 5) is 46.1. The van der Waals surface area contributed by atoms with Crippen molar-refractivity contribution >= 4 is 34.2 Å². The highest BCUT2D eigenvalue weighted by Gasteiger charge is 2.36. The Morgan fingerprint density at radius 3 is 2.53 bits per heavy atom. The molecular formula is C29H39N3O6. The first-order chi connectivity index (χ1) is 18.1. The van der Waals surface area contributed by atoms with Crippen LogP contribution in [0, 0.1) is 5.92 Å². The van der Waals surface area contributed by atoms with Crippen LogP contribution in [-0.4, -0.2) is 75.8 Å². The summed E-state index contributed by atoms with van der Waals surface area (Å²) >= 11 is 0. The number of hydrogen-bond donors (Lipinski definition) is 1. The molecule has 1 aromatic carbocycles. The number of carbonyl (C=O) groups excluding carboxylic acids is 3. The van der Waals surface area contributed by atoms with Crippen molar-refractivity contribution in [3.63, 3.8) is 0 Å². The second-order valence-electron chi connectivity index (χ2n) is 10.8. The molecule has 1 aromatic heterocycles. The number of benzene rings is 1. The van der Waals surface area contributed by atoms with Crippen LogP contribution in [0.2, 0.25) is 0 Å². The van der Waals surface area contributed by atoms with E-state index in [-0.39, 0.29) is 29.6 Å². The molecule has 2 aromatic rings. The zero-order valence-electron chi connectivity index (χ0n) is 22.9. The number of aliphatic hydroxyl groups is 1. The summed E-state index contributed by atoms with van der Waals surface area (Å²) in [5.41, 5.74) is 1.14. The Morgan fingerprint density at radius 2 is 1.87 bits per heavy atom. The number of morpholine rings is 1. The topological polar surface area (TPSA) is 110 Å². The van der Waals surface area contributed by atoms with E-state index in [2.05, 4.69) is 10.1 Å². The van der Waals surface area contributed by atoms with E-state index >= 15 is 0 Å². The SMILES string of the molecule is CCn1cc(C(=O)/C(CC2CCCCC2O)=N/OC(C)=O)c2cc(C(=O)C(C)(C)N3CCOCC3)ccc21. The maximum absolute atomic E-state index is 13.9. The third-order valence-electron chi connectivity index (χ3n) is 7.96. The summed E-state index contributed by atoms with van der Waals surface area (Å²) in [5, 5.41) is 15.1. The molecule has 9 heteroatoms. The predicted molar refractivity (Wildman–Crippen MR) is 145 cm³/mol. The van der Waals surface area contributed by atoms with Gasteiger partial charge in [-0.25, -0.2) is 4.79 Å². The molecule has 0 bridgehead atoms. The van der Waals surface area contributed by atoms with Crippen LogP contribution in [-0.2, 0) is 20.9 Å². The van der Waals surface area contributed by atoms with Crippen LogP contribution in [0.15, 0.2) is 29.6 Å². The van der Waals surface area contributed by atoms with Gasteiger partial charge in [0.25, 0.3) is 0 Å². The van der Waals surface area contributed by atoms with Gasteiger partial charge in [-0.3, -0.25) is 14.5 Å². The first-order valence-electron chi connectivity index (χ1n) is 13.6. The number of Topliss-reactive ketones (excluding diaryl/α,β-unsaturated/α-hetero) is 2. The molecule has 2 heterocycles. The van der Waals surface area contributed by atoms with Gasteiger partial charge in [0.2, 0.25) is 5.78 Å². The van der Waals surface area contributed by atoms with E-state index in [1.807, 2.05) is 37.5 Å². The van der Waals surface area contributed by atoms with Crippen LogP contribution in [0.4, 0.5) is 0 Å². The number of carbonyl (C=O) groups is 3. The fourth-order valence-electron chi connectivity index (χ4n) is 5.62. The van der Waals surface area contributed by atoms with E-state index in [1.54, 1.807) is 12.3 Å². The average Bonchev–Trinajstić information content (AvgIpc) is 3.29. The Morgan fingerprint density at radius 1 is 1.16 bits per heavy atom. The molecule has 1 saturated heterocycles. The molecule has 1 aliphatic carbocycles. The van der Waals surface area contributed by atoms with E-state index in [9.17, 15) is 19.5 Å². The highest BCUT2D eigenvalue weighted by atomic mass is 16.7. The van der Waals surface area contributed by atoms with Gasteiger partial charge in [-0.2, -0.15) is 0 Å². The van der Waals surface area contributed by atoms with Gasteiger partial charge in [0.1, 0.15) is 5.71 Å². The number of nitrogens with zero attached hydrogens (tertiary/aromatic N) is 3. The average molecular weight is 526 g/mol. The summed E-state index contributed by atoms with van der Waals surface area (Å²) < 4.78 is 7.42. The van der Waals surface area contributed by atoms with Crippen molar-refractivity contribution in [2.24, 2.45) is 11.1 Å². The molecule has 2 aliphatic rings. The Bertz CT molecular complexity index is 1220. The lowest BCUT2D eigenvalue weighted by atomic mass is 9.82. The number of aryl methyl sites for hydroxylation is 1. The summed E-state index contributed by atoms with van der Waals surface area (Å²) in [5.74, 6) is -1.14. The van der Waals surface area contributed by atoms with E-state index in [1.165, 1.54) is 6.92 Å². The lowest BCUT2D eigenvalue weighted by Crippen LogP contribution is -2.54. The molecular weight excluding hydrogens is 486 g/mol. The second-order valence-corrected chi connectivity index (χ2v) is 10.8. The van der Waals surface area contributed by atoms with Gasteiger partial charge >= 0.3 is 5.97 Å². The zero-order chi connectivity index (χ0) is 27.4. The largest absolute Gasteiger partial charge is 0.393 e. The van der Waals surface area contributed by atoms with E-state index in [0.29, 0.717) is 55.8 Å².